The number of benzene rings is 1. The number of nitrogens with zero attached hydrogens (tertiary/aromatic N) is 4. The summed E-state index contributed by atoms with van der Waals surface area (Å²) in [7, 11) is -2.58. The van der Waals surface area contributed by atoms with Gasteiger partial charge < -0.3 is 24.7 Å². The van der Waals surface area contributed by atoms with Crippen LogP contribution in [0.15, 0.2) is 30.6 Å². The molecular formula is C25H31ClN5O9P. The van der Waals surface area contributed by atoms with Crippen molar-refractivity contribution in [3.63, 3.8) is 0 Å². The minimum absolute atomic E-state index is 0.0322. The fourth-order valence-corrected chi connectivity index (χ4v) is 6.52. The summed E-state index contributed by atoms with van der Waals surface area (Å²) in [5, 5.41) is 0.522. The minimum Gasteiger partial charge on any atom is -0.476 e. The first-order chi connectivity index (χ1) is 19.6. The van der Waals surface area contributed by atoms with Crippen LogP contribution >= 0.6 is 19.4 Å². The molecule has 0 spiro atoms. The van der Waals surface area contributed by atoms with Gasteiger partial charge in [-0.1, -0.05) is 23.7 Å². The van der Waals surface area contributed by atoms with E-state index in [1.165, 1.54) is 20.4 Å². The summed E-state index contributed by atoms with van der Waals surface area (Å²) in [5.41, 5.74) is 6.07. The number of nitrogen functional groups attached to an aromatic ring is 1. The molecule has 0 aliphatic carbocycles. The van der Waals surface area contributed by atoms with E-state index in [0.29, 0.717) is 29.2 Å². The topological polar surface area (TPSA) is 168 Å². The number of aromatic nitrogens is 4. The fourth-order valence-electron chi connectivity index (χ4n) is 4.93. The van der Waals surface area contributed by atoms with E-state index in [1.807, 2.05) is 6.07 Å². The molecule has 4 heterocycles. The van der Waals surface area contributed by atoms with Crippen LogP contribution in [0.4, 0.5) is 5.95 Å². The van der Waals surface area contributed by atoms with Crippen molar-refractivity contribution in [3.8, 4) is 5.88 Å². The third-order valence-corrected chi connectivity index (χ3v) is 8.58. The number of fused-ring (bicyclic) bond motifs is 1. The molecular weight excluding hydrogens is 581 g/mol. The van der Waals surface area contributed by atoms with E-state index in [9.17, 15) is 9.36 Å². The number of hydrogen-bond donors (Lipinski definition) is 1. The lowest BCUT2D eigenvalue weighted by molar-refractivity contribution is -0.165. The zero-order valence-corrected chi connectivity index (χ0v) is 24.5. The number of hydrogen-bond acceptors (Lipinski definition) is 13. The minimum atomic E-state index is -4.03. The quantitative estimate of drug-likeness (QED) is 0.272. The summed E-state index contributed by atoms with van der Waals surface area (Å²) in [6.45, 7) is 4.93. The Kier molecular flexibility index (Phi) is 8.53. The zero-order chi connectivity index (χ0) is 29.4. The molecule has 0 bridgehead atoms. The van der Waals surface area contributed by atoms with Crippen molar-refractivity contribution in [2.45, 2.75) is 57.3 Å². The molecule has 1 aromatic carbocycles. The number of ether oxygens (including phenoxy) is 4. The number of phosphoric acid groups is 1. The summed E-state index contributed by atoms with van der Waals surface area (Å²) in [5.74, 6) is -0.401. The number of methoxy groups -OCH3 is 1. The lowest BCUT2D eigenvalue weighted by Gasteiger charge is -2.33. The summed E-state index contributed by atoms with van der Waals surface area (Å²) >= 11 is 6.12. The van der Waals surface area contributed by atoms with Gasteiger partial charge in [0.15, 0.2) is 23.5 Å². The average molecular weight is 612 g/mol. The Morgan fingerprint density at radius 1 is 1.34 bits per heavy atom. The van der Waals surface area contributed by atoms with Crippen molar-refractivity contribution < 1.29 is 41.9 Å². The lowest BCUT2D eigenvalue weighted by atomic mass is 9.95. The molecule has 6 atom stereocenters. The van der Waals surface area contributed by atoms with Gasteiger partial charge in [-0.05, 0) is 31.5 Å². The first-order valence-corrected chi connectivity index (χ1v) is 14.7. The maximum Gasteiger partial charge on any atom is 0.475 e. The van der Waals surface area contributed by atoms with Crippen molar-refractivity contribution in [1.29, 1.82) is 0 Å². The Labute approximate surface area is 240 Å². The van der Waals surface area contributed by atoms with Gasteiger partial charge in [0.05, 0.1) is 32.3 Å². The van der Waals surface area contributed by atoms with E-state index in [4.69, 9.17) is 49.9 Å². The highest BCUT2D eigenvalue weighted by Crippen LogP contribution is 2.57. The number of carbonyl (C=O) groups excluding carboxylic acids is 1. The summed E-state index contributed by atoms with van der Waals surface area (Å²) in [4.78, 5) is 25.0. The molecule has 2 aliphatic heterocycles. The van der Waals surface area contributed by atoms with Crippen LogP contribution in [-0.2, 0) is 37.1 Å². The smallest absolute Gasteiger partial charge is 0.475 e. The largest absolute Gasteiger partial charge is 0.476 e. The zero-order valence-electron chi connectivity index (χ0n) is 22.9. The van der Waals surface area contributed by atoms with Crippen LogP contribution in [0.2, 0.25) is 5.02 Å². The van der Waals surface area contributed by atoms with Gasteiger partial charge in [0.1, 0.15) is 11.7 Å². The van der Waals surface area contributed by atoms with Gasteiger partial charge in [-0.25, -0.2) is 9.55 Å². The van der Waals surface area contributed by atoms with Gasteiger partial charge >= 0.3 is 13.8 Å². The van der Waals surface area contributed by atoms with E-state index in [0.717, 1.165) is 5.56 Å². The number of imidazole rings is 1. The highest BCUT2D eigenvalue weighted by Gasteiger charge is 2.58. The molecule has 16 heteroatoms. The van der Waals surface area contributed by atoms with E-state index >= 15 is 0 Å². The number of phosphoric ester groups is 1. The summed E-state index contributed by atoms with van der Waals surface area (Å²) < 4.78 is 55.5. The van der Waals surface area contributed by atoms with Gasteiger partial charge in [-0.3, -0.25) is 22.9 Å². The van der Waals surface area contributed by atoms with Gasteiger partial charge in [-0.2, -0.15) is 9.97 Å². The van der Waals surface area contributed by atoms with Crippen LogP contribution in [0.5, 0.6) is 5.88 Å². The molecule has 2 N–H and O–H groups in total. The first kappa shape index (κ1) is 29.6. The van der Waals surface area contributed by atoms with Gasteiger partial charge in [-0.15, -0.1) is 0 Å². The molecule has 3 aromatic rings. The van der Waals surface area contributed by atoms with Crippen LogP contribution < -0.4 is 10.5 Å². The van der Waals surface area contributed by atoms with Crippen molar-refractivity contribution >= 4 is 42.5 Å². The van der Waals surface area contributed by atoms with Crippen molar-refractivity contribution in [3.05, 3.63) is 41.2 Å². The molecule has 2 aliphatic rings. The molecule has 222 valence electrons. The number of halogens is 1. The number of rotatable bonds is 9. The molecule has 14 nitrogen and oxygen atoms in total. The maximum absolute atomic E-state index is 13.5. The van der Waals surface area contributed by atoms with Crippen LogP contribution in [0, 0.1) is 0 Å². The van der Waals surface area contributed by atoms with E-state index < -0.39 is 43.9 Å². The average Bonchev–Trinajstić information content (AvgIpc) is 3.46. The Balaban J connectivity index is 1.42. The third-order valence-electron chi connectivity index (χ3n) is 6.87. The normalized spacial score (nSPS) is 30.0. The molecule has 2 saturated heterocycles. The van der Waals surface area contributed by atoms with Crippen molar-refractivity contribution in [2.24, 2.45) is 0 Å². The first-order valence-electron chi connectivity index (χ1n) is 12.9. The van der Waals surface area contributed by atoms with Gasteiger partial charge in [0, 0.05) is 25.5 Å². The number of carbonyl (C=O) groups is 1. The van der Waals surface area contributed by atoms with Gasteiger partial charge in [0.25, 0.3) is 0 Å². The standard InChI is InChI=1S/C25H31ClN5O9P/c1-5-35-22-19-21(29-24(27)30-22)31(13-28-19)23-25(3,34-4)20(38-14(2)32)18(39-23)12-37-41(33)36-10-9-17(40-41)15-7-6-8-16(26)11-15/h6-8,11,13,17-18,20,23H,5,9-10,12H2,1-4H3,(H2,27,29,30). The SMILES string of the molecule is CCOc1nc(N)nc2c1ncn2C1OC(COP2(=O)OCCC(c3cccc(Cl)c3)O2)C(OC(C)=O)C1(C)OC. The van der Waals surface area contributed by atoms with E-state index in [-0.39, 0.29) is 25.0 Å². The number of esters is 1. The lowest BCUT2D eigenvalue weighted by Crippen LogP contribution is -2.48. The predicted octanol–water partition coefficient (Wildman–Crippen LogP) is 4.00. The summed E-state index contributed by atoms with van der Waals surface area (Å²) in [6.07, 6.45) is -1.52. The molecule has 5 rings (SSSR count). The second-order valence-corrected chi connectivity index (χ2v) is 11.7. The molecule has 6 unspecified atom stereocenters. The Morgan fingerprint density at radius 3 is 2.85 bits per heavy atom. The molecule has 0 radical (unpaired) electrons. The Bertz CT molecular complexity index is 1470. The summed E-state index contributed by atoms with van der Waals surface area (Å²) in [6, 6.07) is 7.06. The number of anilines is 1. The molecule has 2 fully saturated rings. The second-order valence-electron chi connectivity index (χ2n) is 9.60. The molecule has 0 saturated carbocycles. The Morgan fingerprint density at radius 2 is 2.15 bits per heavy atom. The predicted molar refractivity (Wildman–Crippen MR) is 145 cm³/mol. The van der Waals surface area contributed by atoms with Crippen molar-refractivity contribution in [1.82, 2.24) is 19.5 Å². The molecule has 41 heavy (non-hydrogen) atoms. The molecule has 0 amide bonds. The van der Waals surface area contributed by atoms with E-state index in [2.05, 4.69) is 15.0 Å². The third kappa shape index (κ3) is 5.91. The van der Waals surface area contributed by atoms with Crippen LogP contribution in [-0.4, -0.2) is 70.2 Å². The fraction of sp³-hybridized carbons (Fsp3) is 0.520. The monoisotopic (exact) mass is 611 g/mol. The van der Waals surface area contributed by atoms with Crippen molar-refractivity contribution in [2.75, 3.05) is 32.7 Å². The highest BCUT2D eigenvalue weighted by atomic mass is 35.5. The Hall–Kier alpha value is -2.84. The van der Waals surface area contributed by atoms with Gasteiger partial charge in [0.2, 0.25) is 11.8 Å². The van der Waals surface area contributed by atoms with Crippen LogP contribution in [0.25, 0.3) is 11.2 Å². The highest BCUT2D eigenvalue weighted by molar-refractivity contribution is 7.48. The van der Waals surface area contributed by atoms with E-state index in [1.54, 1.807) is 36.6 Å². The van der Waals surface area contributed by atoms with Crippen LogP contribution in [0.1, 0.15) is 45.1 Å². The van der Waals surface area contributed by atoms with Crippen LogP contribution in [0.3, 0.4) is 0 Å². The second kappa shape index (κ2) is 11.8. The number of nitrogens with two attached hydrogens (primary N) is 1. The molecule has 2 aromatic heterocycles. The maximum atomic E-state index is 13.5.